The van der Waals surface area contributed by atoms with E-state index in [0.29, 0.717) is 14.7 Å². The molecule has 1 aliphatic rings. The smallest absolute Gasteiger partial charge is 0.122 e. The van der Waals surface area contributed by atoms with Crippen LogP contribution in [-0.4, -0.2) is 5.16 Å². The summed E-state index contributed by atoms with van der Waals surface area (Å²) in [5.74, 6) is 1.48. The van der Waals surface area contributed by atoms with E-state index in [1.807, 2.05) is 30.3 Å². The lowest BCUT2D eigenvalue weighted by Crippen LogP contribution is -2.26. The highest BCUT2D eigenvalue weighted by Crippen LogP contribution is 2.42. The minimum Gasteiger partial charge on any atom is -0.476 e. The van der Waals surface area contributed by atoms with Crippen molar-refractivity contribution in [3.8, 4) is 5.75 Å². The number of benzene rings is 1. The molecule has 0 radical (unpaired) electrons. The molecule has 0 N–H and O–H groups in total. The minimum absolute atomic E-state index is 0.130. The maximum absolute atomic E-state index is 5.86. The zero-order valence-electron chi connectivity index (χ0n) is 9.68. The predicted molar refractivity (Wildman–Crippen MR) is 71.2 cm³/mol. The summed E-state index contributed by atoms with van der Waals surface area (Å²) >= 11 is 0. The van der Waals surface area contributed by atoms with Crippen LogP contribution in [0.1, 0.15) is 13.8 Å². The largest absolute Gasteiger partial charge is 0.476 e. The van der Waals surface area contributed by atoms with Gasteiger partial charge in [-0.05, 0) is 25.0 Å². The lowest BCUT2D eigenvalue weighted by atomic mass is 9.91. The third-order valence-electron chi connectivity index (χ3n) is 3.03. The normalized spacial score (nSPS) is 28.8. The summed E-state index contributed by atoms with van der Waals surface area (Å²) in [4.78, 5) is 0. The van der Waals surface area contributed by atoms with Crippen LogP contribution in [0.5, 0.6) is 5.75 Å². The van der Waals surface area contributed by atoms with E-state index in [2.05, 4.69) is 38.2 Å². The van der Waals surface area contributed by atoms with Crippen LogP contribution < -0.4 is 4.52 Å². The molecular weight excluding hydrogens is 215 g/mol. The van der Waals surface area contributed by atoms with Gasteiger partial charge in [0.1, 0.15) is 5.75 Å². The molecule has 0 saturated heterocycles. The third kappa shape index (κ3) is 2.54. The molecule has 0 aromatic heterocycles. The number of hydrogen-bond acceptors (Lipinski definition) is 1. The predicted octanol–water partition coefficient (Wildman–Crippen LogP) is 4.18. The van der Waals surface area contributed by atoms with Crippen molar-refractivity contribution >= 4 is 8.81 Å². The van der Waals surface area contributed by atoms with Gasteiger partial charge < -0.3 is 4.52 Å². The van der Waals surface area contributed by atoms with Crippen LogP contribution in [0, 0.1) is 5.92 Å². The molecule has 3 atom stereocenters. The zero-order valence-corrected chi connectivity index (χ0v) is 10.7. The lowest BCUT2D eigenvalue weighted by Gasteiger charge is -2.31. The SMILES string of the molecule is CC1C=CC=CC1(C)POc1ccccc1. The van der Waals surface area contributed by atoms with Crippen molar-refractivity contribution in [3.05, 3.63) is 54.6 Å². The van der Waals surface area contributed by atoms with E-state index in [-0.39, 0.29) is 5.16 Å². The Hall–Kier alpha value is -1.07. The monoisotopic (exact) mass is 232 g/mol. The van der Waals surface area contributed by atoms with Crippen molar-refractivity contribution in [2.45, 2.75) is 19.0 Å². The Labute approximate surface area is 99.1 Å². The average molecular weight is 232 g/mol. The van der Waals surface area contributed by atoms with Crippen LogP contribution in [0.3, 0.4) is 0 Å². The van der Waals surface area contributed by atoms with Crippen molar-refractivity contribution in [3.63, 3.8) is 0 Å². The van der Waals surface area contributed by atoms with Gasteiger partial charge in [-0.2, -0.15) is 0 Å². The molecule has 1 aromatic rings. The van der Waals surface area contributed by atoms with E-state index in [1.54, 1.807) is 0 Å². The summed E-state index contributed by atoms with van der Waals surface area (Å²) in [6.45, 7) is 4.49. The summed E-state index contributed by atoms with van der Waals surface area (Å²) in [6.07, 6.45) is 8.71. The van der Waals surface area contributed by atoms with E-state index < -0.39 is 0 Å². The second-order valence-electron chi connectivity index (χ2n) is 4.33. The molecule has 1 aromatic carbocycles. The van der Waals surface area contributed by atoms with E-state index in [0.717, 1.165) is 5.75 Å². The highest BCUT2D eigenvalue weighted by molar-refractivity contribution is 7.35. The van der Waals surface area contributed by atoms with Crippen molar-refractivity contribution in [2.75, 3.05) is 0 Å². The molecule has 0 spiro atoms. The van der Waals surface area contributed by atoms with Gasteiger partial charge in [0.2, 0.25) is 0 Å². The van der Waals surface area contributed by atoms with Crippen LogP contribution in [0.4, 0.5) is 0 Å². The van der Waals surface area contributed by atoms with Crippen molar-refractivity contribution in [1.29, 1.82) is 0 Å². The minimum atomic E-state index is 0.130. The Kier molecular flexibility index (Phi) is 3.46. The second kappa shape index (κ2) is 4.84. The third-order valence-corrected chi connectivity index (χ3v) is 4.43. The molecule has 0 bridgehead atoms. The Morgan fingerprint density at radius 2 is 1.94 bits per heavy atom. The van der Waals surface area contributed by atoms with Gasteiger partial charge in [0.05, 0.1) is 8.81 Å². The highest BCUT2D eigenvalue weighted by Gasteiger charge is 2.29. The highest BCUT2D eigenvalue weighted by atomic mass is 31.1. The van der Waals surface area contributed by atoms with Gasteiger partial charge in [-0.25, -0.2) is 0 Å². The summed E-state index contributed by atoms with van der Waals surface area (Å²) in [5.41, 5.74) is 0. The molecule has 84 valence electrons. The quantitative estimate of drug-likeness (QED) is 0.710. The number of rotatable bonds is 3. The first-order valence-corrected chi connectivity index (χ1v) is 6.47. The number of para-hydroxylation sites is 1. The maximum atomic E-state index is 5.86. The average Bonchev–Trinajstić information content (AvgIpc) is 2.32. The Morgan fingerprint density at radius 1 is 1.19 bits per heavy atom. The summed E-state index contributed by atoms with van der Waals surface area (Å²) < 4.78 is 5.86. The van der Waals surface area contributed by atoms with Gasteiger partial charge in [0.25, 0.3) is 0 Å². The topological polar surface area (TPSA) is 9.23 Å². The fourth-order valence-corrected chi connectivity index (χ4v) is 2.54. The fourth-order valence-electron chi connectivity index (χ4n) is 1.62. The molecule has 0 fully saturated rings. The molecule has 2 rings (SSSR count). The first-order valence-electron chi connectivity index (χ1n) is 5.56. The van der Waals surface area contributed by atoms with Crippen LogP contribution in [0.25, 0.3) is 0 Å². The lowest BCUT2D eigenvalue weighted by molar-refractivity contribution is 0.536. The van der Waals surface area contributed by atoms with Crippen molar-refractivity contribution in [1.82, 2.24) is 0 Å². The van der Waals surface area contributed by atoms with Gasteiger partial charge in [0.15, 0.2) is 0 Å². The maximum Gasteiger partial charge on any atom is 0.122 e. The van der Waals surface area contributed by atoms with Gasteiger partial charge in [-0.3, -0.25) is 0 Å². The molecule has 0 aliphatic heterocycles. The standard InChI is InChI=1S/C14H17OP/c1-12-8-6-7-11-14(12,2)16-15-13-9-4-3-5-10-13/h3-12,16H,1-2H3. The Bertz CT molecular complexity index is 396. The Morgan fingerprint density at radius 3 is 2.62 bits per heavy atom. The van der Waals surface area contributed by atoms with E-state index in [9.17, 15) is 0 Å². The molecule has 1 aliphatic carbocycles. The second-order valence-corrected chi connectivity index (χ2v) is 5.82. The van der Waals surface area contributed by atoms with Crippen LogP contribution >= 0.6 is 8.81 Å². The van der Waals surface area contributed by atoms with E-state index >= 15 is 0 Å². The molecule has 16 heavy (non-hydrogen) atoms. The van der Waals surface area contributed by atoms with Gasteiger partial charge in [0, 0.05) is 5.16 Å². The molecule has 0 amide bonds. The fraction of sp³-hybridized carbons (Fsp3) is 0.286. The van der Waals surface area contributed by atoms with Crippen LogP contribution in [-0.2, 0) is 0 Å². The number of allylic oxidation sites excluding steroid dienone is 4. The molecule has 0 heterocycles. The van der Waals surface area contributed by atoms with Gasteiger partial charge >= 0.3 is 0 Å². The van der Waals surface area contributed by atoms with Crippen LogP contribution in [0.15, 0.2) is 54.6 Å². The van der Waals surface area contributed by atoms with E-state index in [1.165, 1.54) is 0 Å². The number of hydrogen-bond donors (Lipinski definition) is 0. The summed E-state index contributed by atoms with van der Waals surface area (Å²) in [5, 5.41) is 0.130. The molecule has 3 unspecified atom stereocenters. The van der Waals surface area contributed by atoms with Crippen molar-refractivity contribution in [2.24, 2.45) is 5.92 Å². The zero-order chi connectivity index (χ0) is 11.4. The molecule has 1 nitrogen and oxygen atoms in total. The molecule has 0 saturated carbocycles. The van der Waals surface area contributed by atoms with Gasteiger partial charge in [-0.1, -0.05) is 49.4 Å². The van der Waals surface area contributed by atoms with E-state index in [4.69, 9.17) is 4.52 Å². The summed E-state index contributed by atoms with van der Waals surface area (Å²) in [6, 6.07) is 10.0. The van der Waals surface area contributed by atoms with Crippen molar-refractivity contribution < 1.29 is 4.52 Å². The van der Waals surface area contributed by atoms with Gasteiger partial charge in [-0.15, -0.1) is 0 Å². The van der Waals surface area contributed by atoms with Crippen LogP contribution in [0.2, 0.25) is 0 Å². The summed E-state index contributed by atoms with van der Waals surface area (Å²) in [7, 11) is 0.454. The first kappa shape index (κ1) is 11.4. The molecular formula is C14H17OP. The first-order chi connectivity index (χ1) is 7.71. The Balaban J connectivity index is 2.00. The molecule has 2 heteroatoms.